The molecule has 2 fully saturated rings. The van der Waals surface area contributed by atoms with Gasteiger partial charge in [-0.25, -0.2) is 9.78 Å². The fraction of sp³-hybridized carbons (Fsp3) is 0.571. The molecule has 9 heteroatoms. The molecule has 2 unspecified atom stereocenters. The highest BCUT2D eigenvalue weighted by atomic mass is 32.1. The normalized spacial score (nSPS) is 22.0. The first kappa shape index (κ1) is 20.7. The predicted molar refractivity (Wildman–Crippen MR) is 113 cm³/mol. The first-order valence-electron chi connectivity index (χ1n) is 10.6. The van der Waals surface area contributed by atoms with E-state index in [0.29, 0.717) is 28.0 Å². The second-order valence-corrected chi connectivity index (χ2v) is 9.07. The van der Waals surface area contributed by atoms with E-state index in [1.807, 2.05) is 4.90 Å². The molecule has 2 aliphatic rings. The minimum absolute atomic E-state index is 0.0602. The molecular formula is C21H27N5O3S. The molecule has 2 aliphatic heterocycles. The molecule has 0 spiro atoms. The smallest absolute Gasteiger partial charge is 0.409 e. The summed E-state index contributed by atoms with van der Waals surface area (Å²) in [6, 6.07) is -0.0977. The molecule has 2 saturated heterocycles. The number of likely N-dealkylation sites (tertiary alicyclic amines) is 2. The van der Waals surface area contributed by atoms with Crippen LogP contribution in [0, 0.1) is 5.92 Å². The minimum Gasteiger partial charge on any atom is -0.447 e. The molecule has 2 amide bonds. The van der Waals surface area contributed by atoms with Gasteiger partial charge in [-0.1, -0.05) is 6.92 Å². The van der Waals surface area contributed by atoms with Crippen molar-refractivity contribution in [1.82, 2.24) is 24.8 Å². The molecule has 30 heavy (non-hydrogen) atoms. The van der Waals surface area contributed by atoms with Gasteiger partial charge in [-0.3, -0.25) is 14.8 Å². The molecule has 0 radical (unpaired) electrons. The highest BCUT2D eigenvalue weighted by Crippen LogP contribution is 2.27. The third-order valence-corrected chi connectivity index (χ3v) is 6.71. The van der Waals surface area contributed by atoms with Crippen molar-refractivity contribution >= 4 is 23.3 Å². The van der Waals surface area contributed by atoms with Crippen LogP contribution in [0.1, 0.15) is 48.7 Å². The molecule has 160 valence electrons. The maximum atomic E-state index is 13.2. The average molecular weight is 430 g/mol. The zero-order valence-corrected chi connectivity index (χ0v) is 18.0. The Balaban J connectivity index is 1.39. The predicted octanol–water partition coefficient (Wildman–Crippen LogP) is 3.46. The second-order valence-electron chi connectivity index (χ2n) is 8.04. The van der Waals surface area contributed by atoms with E-state index in [1.54, 1.807) is 29.7 Å². The highest BCUT2D eigenvalue weighted by Gasteiger charge is 2.31. The Hall–Kier alpha value is -2.55. The number of hydrogen-bond donors (Lipinski definition) is 0. The lowest BCUT2D eigenvalue weighted by atomic mass is 10.0. The van der Waals surface area contributed by atoms with Gasteiger partial charge in [0.2, 0.25) is 0 Å². The Kier molecular flexibility index (Phi) is 6.56. The maximum absolute atomic E-state index is 13.2. The zero-order chi connectivity index (χ0) is 20.9. The lowest BCUT2D eigenvalue weighted by molar-refractivity contribution is 0.0346. The molecular weight excluding hydrogens is 402 g/mol. The number of piperidine rings is 2. The van der Waals surface area contributed by atoms with Gasteiger partial charge < -0.3 is 14.5 Å². The molecule has 0 aliphatic carbocycles. The van der Waals surface area contributed by atoms with Gasteiger partial charge in [-0.05, 0) is 38.0 Å². The number of carbonyl (C=O) groups is 2. The van der Waals surface area contributed by atoms with E-state index in [4.69, 9.17) is 4.74 Å². The van der Waals surface area contributed by atoms with Crippen molar-refractivity contribution in [2.45, 2.75) is 45.1 Å². The van der Waals surface area contributed by atoms with Crippen LogP contribution in [0.2, 0.25) is 0 Å². The number of ether oxygens (including phenoxy) is 1. The van der Waals surface area contributed by atoms with E-state index < -0.39 is 0 Å². The minimum atomic E-state index is -0.262. The highest BCUT2D eigenvalue weighted by molar-refractivity contribution is 7.16. The lowest BCUT2D eigenvalue weighted by Crippen LogP contribution is -2.47. The first-order chi connectivity index (χ1) is 14.6. The molecule has 0 N–H and O–H groups in total. The summed E-state index contributed by atoms with van der Waals surface area (Å²) in [7, 11) is 0. The fourth-order valence-electron chi connectivity index (χ4n) is 4.10. The molecule has 0 saturated carbocycles. The molecule has 0 bridgehead atoms. The Labute approximate surface area is 180 Å². The van der Waals surface area contributed by atoms with E-state index in [2.05, 4.69) is 21.9 Å². The lowest BCUT2D eigenvalue weighted by Gasteiger charge is -2.36. The average Bonchev–Trinajstić information content (AvgIpc) is 3.28. The summed E-state index contributed by atoms with van der Waals surface area (Å²) >= 11 is 1.32. The molecule has 0 aromatic carbocycles. The Morgan fingerprint density at radius 2 is 2.03 bits per heavy atom. The first-order valence-corrected chi connectivity index (χ1v) is 11.4. The molecule has 2 aromatic heterocycles. The van der Waals surface area contributed by atoms with Crippen LogP contribution in [0.15, 0.2) is 24.8 Å². The van der Waals surface area contributed by atoms with Crippen molar-refractivity contribution in [2.24, 2.45) is 5.92 Å². The van der Waals surface area contributed by atoms with Crippen molar-refractivity contribution in [3.05, 3.63) is 29.7 Å². The summed E-state index contributed by atoms with van der Waals surface area (Å²) in [6.45, 7) is 4.57. The van der Waals surface area contributed by atoms with Crippen LogP contribution in [-0.2, 0) is 4.74 Å². The number of nitrogens with zero attached hydrogens (tertiary/aromatic N) is 5. The third kappa shape index (κ3) is 4.77. The van der Waals surface area contributed by atoms with Gasteiger partial charge >= 0.3 is 6.09 Å². The van der Waals surface area contributed by atoms with Crippen molar-refractivity contribution < 1.29 is 14.3 Å². The van der Waals surface area contributed by atoms with Crippen molar-refractivity contribution in [1.29, 1.82) is 0 Å². The quantitative estimate of drug-likeness (QED) is 0.739. The topological polar surface area (TPSA) is 88.5 Å². The summed E-state index contributed by atoms with van der Waals surface area (Å²) in [5.74, 6) is 0.448. The zero-order valence-electron chi connectivity index (χ0n) is 17.2. The summed E-state index contributed by atoms with van der Waals surface area (Å²) in [4.78, 5) is 42.5. The molecule has 4 heterocycles. The number of amides is 2. The van der Waals surface area contributed by atoms with Crippen molar-refractivity contribution in [2.75, 3.05) is 26.2 Å². The van der Waals surface area contributed by atoms with Gasteiger partial charge in [-0.2, -0.15) is 0 Å². The van der Waals surface area contributed by atoms with Crippen LogP contribution < -0.4 is 0 Å². The van der Waals surface area contributed by atoms with Crippen molar-refractivity contribution in [3.8, 4) is 10.7 Å². The van der Waals surface area contributed by atoms with E-state index in [-0.39, 0.29) is 24.6 Å². The van der Waals surface area contributed by atoms with Crippen LogP contribution in [0.5, 0.6) is 0 Å². The van der Waals surface area contributed by atoms with E-state index in [0.717, 1.165) is 45.2 Å². The monoisotopic (exact) mass is 429 g/mol. The van der Waals surface area contributed by atoms with E-state index in [1.165, 1.54) is 11.3 Å². The standard InChI is InChI=1S/C21H27N5O3S/c1-15-5-4-9-25(13-15)21(28)29-14-16-6-2-3-10-26(16)20(27)18-12-24-19(30-18)17-11-22-7-8-23-17/h7-8,11-12,15-16H,2-6,9-10,13-14H2,1H3. The molecule has 2 atom stereocenters. The maximum Gasteiger partial charge on any atom is 0.409 e. The SMILES string of the molecule is CC1CCCN(C(=O)OCC2CCCCN2C(=O)c2cnc(-c3cnccn3)s2)C1. The van der Waals surface area contributed by atoms with Gasteiger partial charge in [0.15, 0.2) is 0 Å². The number of aromatic nitrogens is 3. The van der Waals surface area contributed by atoms with Crippen LogP contribution in [0.25, 0.3) is 10.7 Å². The van der Waals surface area contributed by atoms with Crippen molar-refractivity contribution in [3.63, 3.8) is 0 Å². The van der Waals surface area contributed by atoms with Gasteiger partial charge in [0, 0.05) is 32.0 Å². The van der Waals surface area contributed by atoms with Gasteiger partial charge in [0.1, 0.15) is 22.2 Å². The van der Waals surface area contributed by atoms with Crippen LogP contribution in [-0.4, -0.2) is 69.0 Å². The molecule has 2 aromatic rings. The summed E-state index contributed by atoms with van der Waals surface area (Å²) < 4.78 is 5.62. The number of thiazole rings is 1. The largest absolute Gasteiger partial charge is 0.447 e. The summed E-state index contributed by atoms with van der Waals surface area (Å²) in [5.41, 5.74) is 0.654. The summed E-state index contributed by atoms with van der Waals surface area (Å²) in [5, 5.41) is 0.672. The number of carbonyl (C=O) groups excluding carboxylic acids is 2. The van der Waals surface area contributed by atoms with Crippen LogP contribution in [0.4, 0.5) is 4.79 Å². The molecule has 4 rings (SSSR count). The molecule has 8 nitrogen and oxygen atoms in total. The summed E-state index contributed by atoms with van der Waals surface area (Å²) in [6.07, 6.45) is 11.2. The van der Waals surface area contributed by atoms with Gasteiger partial charge in [-0.15, -0.1) is 11.3 Å². The Morgan fingerprint density at radius 3 is 2.83 bits per heavy atom. The van der Waals surface area contributed by atoms with E-state index >= 15 is 0 Å². The van der Waals surface area contributed by atoms with Crippen LogP contribution in [0.3, 0.4) is 0 Å². The number of hydrogen-bond acceptors (Lipinski definition) is 7. The van der Waals surface area contributed by atoms with Gasteiger partial charge in [0.05, 0.1) is 18.4 Å². The fourth-order valence-corrected chi connectivity index (χ4v) is 4.93. The third-order valence-electron chi connectivity index (χ3n) is 5.70. The van der Waals surface area contributed by atoms with Gasteiger partial charge in [0.25, 0.3) is 5.91 Å². The second kappa shape index (κ2) is 9.51. The Bertz CT molecular complexity index is 875. The van der Waals surface area contributed by atoms with Crippen LogP contribution >= 0.6 is 11.3 Å². The van der Waals surface area contributed by atoms with E-state index in [9.17, 15) is 9.59 Å². The number of rotatable bonds is 4. The Morgan fingerprint density at radius 1 is 1.13 bits per heavy atom.